The predicted octanol–water partition coefficient (Wildman–Crippen LogP) is 17.9. The largest absolute Gasteiger partial charge is 0.462 e. The molecule has 0 rings (SSSR count). The van der Waals surface area contributed by atoms with E-state index in [9.17, 15) is 14.4 Å². The monoisotopic (exact) mass is 915 g/mol. The van der Waals surface area contributed by atoms with E-state index in [1.165, 1.54) is 70.6 Å². The average Bonchev–Trinajstić information content (AvgIpc) is 3.31. The fourth-order valence-electron chi connectivity index (χ4n) is 6.96. The molecule has 0 saturated carbocycles. The van der Waals surface area contributed by atoms with Crippen LogP contribution in [0.2, 0.25) is 0 Å². The van der Waals surface area contributed by atoms with Crippen LogP contribution in [0, 0.1) is 0 Å². The fourth-order valence-corrected chi connectivity index (χ4v) is 6.96. The molecule has 0 aliphatic heterocycles. The molecule has 0 radical (unpaired) electrons. The summed E-state index contributed by atoms with van der Waals surface area (Å²) >= 11 is 0. The van der Waals surface area contributed by atoms with Crippen LogP contribution in [-0.2, 0) is 28.6 Å². The maximum Gasteiger partial charge on any atom is 0.306 e. The van der Waals surface area contributed by atoms with Crippen molar-refractivity contribution in [1.29, 1.82) is 0 Å². The van der Waals surface area contributed by atoms with Crippen molar-refractivity contribution in [2.45, 2.75) is 239 Å². The van der Waals surface area contributed by atoms with Crippen LogP contribution in [0.1, 0.15) is 233 Å². The van der Waals surface area contributed by atoms with Gasteiger partial charge in [-0.05, 0) is 116 Å². The number of hydrogen-bond acceptors (Lipinski definition) is 6. The summed E-state index contributed by atoms with van der Waals surface area (Å²) in [5, 5.41) is 0. The molecule has 0 bridgehead atoms. The van der Waals surface area contributed by atoms with E-state index in [2.05, 4.69) is 118 Å². The van der Waals surface area contributed by atoms with Crippen LogP contribution >= 0.6 is 0 Å². The number of unbranched alkanes of at least 4 members (excludes halogenated alkanes) is 18. The van der Waals surface area contributed by atoms with Crippen molar-refractivity contribution in [2.24, 2.45) is 0 Å². The summed E-state index contributed by atoms with van der Waals surface area (Å²) in [5.41, 5.74) is 0. The second-order valence-electron chi connectivity index (χ2n) is 17.4. The molecule has 0 aromatic heterocycles. The average molecular weight is 915 g/mol. The van der Waals surface area contributed by atoms with E-state index in [4.69, 9.17) is 14.2 Å². The molecule has 0 aromatic carbocycles. The van der Waals surface area contributed by atoms with E-state index < -0.39 is 6.10 Å². The topological polar surface area (TPSA) is 78.9 Å². The van der Waals surface area contributed by atoms with Gasteiger partial charge in [0.2, 0.25) is 0 Å². The first kappa shape index (κ1) is 62.1. The third kappa shape index (κ3) is 51.1. The van der Waals surface area contributed by atoms with Crippen molar-refractivity contribution < 1.29 is 28.6 Å². The second-order valence-corrected chi connectivity index (χ2v) is 17.4. The Morgan fingerprint density at radius 1 is 0.318 bits per heavy atom. The highest BCUT2D eigenvalue weighted by Gasteiger charge is 2.19. The van der Waals surface area contributed by atoms with Gasteiger partial charge in [-0.25, -0.2) is 0 Å². The first-order chi connectivity index (χ1) is 32.5. The summed E-state index contributed by atoms with van der Waals surface area (Å²) in [7, 11) is 0. The Morgan fingerprint density at radius 3 is 1.06 bits per heavy atom. The standard InChI is InChI=1S/C60H98O6/c1-4-7-10-13-16-19-22-25-28-29-30-31-33-35-38-41-44-47-50-53-59(62)65-56-57(55-64-58(61)52-49-46-43-40-37-34-27-24-21-18-15-12-9-6-3)66-60(63)54-51-48-45-42-39-36-32-26-23-20-17-14-11-8-5-2/h7,10,16-17,19-20,24-28,30-32,35,38,44,47,57H,4-6,8-9,11-15,18,21-23,29,33-34,36-37,39-43,45-46,48-56H2,1-3H3/b10-7-,19-16-,20-17-,27-24-,28-25-,31-30-,32-26-,38-35-,47-44-/t57-/m1/s1. The summed E-state index contributed by atoms with van der Waals surface area (Å²) in [6, 6.07) is 0. The lowest BCUT2D eigenvalue weighted by Gasteiger charge is -2.18. The second kappa shape index (κ2) is 53.7. The number of hydrogen-bond donors (Lipinski definition) is 0. The molecule has 0 aliphatic rings. The maximum atomic E-state index is 12.8. The normalized spacial score (nSPS) is 13.0. The molecule has 66 heavy (non-hydrogen) atoms. The summed E-state index contributed by atoms with van der Waals surface area (Å²) in [4.78, 5) is 38.0. The Labute approximate surface area is 406 Å². The van der Waals surface area contributed by atoms with Crippen LogP contribution in [0.25, 0.3) is 0 Å². The molecule has 0 fully saturated rings. The number of ether oxygens (including phenoxy) is 3. The molecule has 0 N–H and O–H groups in total. The number of carbonyl (C=O) groups is 3. The van der Waals surface area contributed by atoms with Gasteiger partial charge in [0.05, 0.1) is 0 Å². The van der Waals surface area contributed by atoms with Crippen molar-refractivity contribution in [2.75, 3.05) is 13.2 Å². The Bertz CT molecular complexity index is 1370. The highest BCUT2D eigenvalue weighted by atomic mass is 16.6. The molecule has 0 heterocycles. The Hall–Kier alpha value is -3.93. The lowest BCUT2D eigenvalue weighted by molar-refractivity contribution is -0.166. The van der Waals surface area contributed by atoms with E-state index in [0.717, 1.165) is 116 Å². The van der Waals surface area contributed by atoms with E-state index in [-0.39, 0.29) is 37.5 Å². The van der Waals surface area contributed by atoms with Crippen LogP contribution in [0.4, 0.5) is 0 Å². The molecule has 0 saturated heterocycles. The lowest BCUT2D eigenvalue weighted by atomic mass is 10.1. The van der Waals surface area contributed by atoms with Crippen molar-refractivity contribution in [3.8, 4) is 0 Å². The summed E-state index contributed by atoms with van der Waals surface area (Å²) in [5.74, 6) is -1.03. The molecule has 0 amide bonds. The SMILES string of the molecule is CC/C=C\C/C=C\C/C=C\C/C=C\C/C=C\C/C=C\CCC(=O)OC[C@@H](COC(=O)CCCCCCC/C=C\CCCCCCC)OC(=O)CCCCCCC/C=C\C/C=C\CCCCC. The molecule has 0 aliphatic carbocycles. The van der Waals surface area contributed by atoms with Crippen molar-refractivity contribution >= 4 is 17.9 Å². The number of rotatable bonds is 47. The van der Waals surface area contributed by atoms with Gasteiger partial charge in [0.1, 0.15) is 13.2 Å². The fraction of sp³-hybridized carbons (Fsp3) is 0.650. The minimum absolute atomic E-state index is 0.113. The van der Waals surface area contributed by atoms with E-state index in [1.807, 2.05) is 12.2 Å². The minimum atomic E-state index is -0.821. The Kier molecular flexibility index (Phi) is 50.5. The minimum Gasteiger partial charge on any atom is -0.462 e. The number of esters is 3. The van der Waals surface area contributed by atoms with Crippen LogP contribution in [-0.4, -0.2) is 37.2 Å². The highest BCUT2D eigenvalue weighted by Crippen LogP contribution is 2.13. The van der Waals surface area contributed by atoms with Gasteiger partial charge in [0, 0.05) is 19.3 Å². The summed E-state index contributed by atoms with van der Waals surface area (Å²) < 4.78 is 16.7. The van der Waals surface area contributed by atoms with Crippen LogP contribution in [0.15, 0.2) is 109 Å². The molecule has 0 aromatic rings. The van der Waals surface area contributed by atoms with E-state index >= 15 is 0 Å². The van der Waals surface area contributed by atoms with Gasteiger partial charge in [-0.3, -0.25) is 14.4 Å². The summed E-state index contributed by atoms with van der Waals surface area (Å²) in [6.07, 6.45) is 72.2. The number of allylic oxidation sites excluding steroid dienone is 18. The quantitative estimate of drug-likeness (QED) is 0.0262. The molecule has 1 atom stereocenters. The molecule has 6 heteroatoms. The molecule has 6 nitrogen and oxygen atoms in total. The molecular formula is C60H98O6. The zero-order valence-corrected chi connectivity index (χ0v) is 42.7. The third-order valence-electron chi connectivity index (χ3n) is 11.0. The van der Waals surface area contributed by atoms with Crippen LogP contribution in [0.5, 0.6) is 0 Å². The zero-order chi connectivity index (χ0) is 47.9. The van der Waals surface area contributed by atoms with Crippen molar-refractivity contribution in [1.82, 2.24) is 0 Å². The first-order valence-electron chi connectivity index (χ1n) is 26.9. The van der Waals surface area contributed by atoms with Crippen LogP contribution < -0.4 is 0 Å². The predicted molar refractivity (Wildman–Crippen MR) is 283 cm³/mol. The van der Waals surface area contributed by atoms with Gasteiger partial charge in [0.15, 0.2) is 6.10 Å². The van der Waals surface area contributed by atoms with Gasteiger partial charge < -0.3 is 14.2 Å². The molecular weight excluding hydrogens is 817 g/mol. The van der Waals surface area contributed by atoms with Gasteiger partial charge in [-0.2, -0.15) is 0 Å². The van der Waals surface area contributed by atoms with Gasteiger partial charge in [-0.1, -0.05) is 207 Å². The van der Waals surface area contributed by atoms with E-state index in [0.29, 0.717) is 19.3 Å². The van der Waals surface area contributed by atoms with E-state index in [1.54, 1.807) is 0 Å². The maximum absolute atomic E-state index is 12.8. The van der Waals surface area contributed by atoms with Crippen molar-refractivity contribution in [3.63, 3.8) is 0 Å². The molecule has 374 valence electrons. The van der Waals surface area contributed by atoms with Crippen molar-refractivity contribution in [3.05, 3.63) is 109 Å². The third-order valence-corrected chi connectivity index (χ3v) is 11.0. The van der Waals surface area contributed by atoms with Gasteiger partial charge >= 0.3 is 17.9 Å². The summed E-state index contributed by atoms with van der Waals surface area (Å²) in [6.45, 7) is 6.39. The first-order valence-corrected chi connectivity index (χ1v) is 26.9. The van der Waals surface area contributed by atoms with Gasteiger partial charge in [-0.15, -0.1) is 0 Å². The Balaban J connectivity index is 4.55. The smallest absolute Gasteiger partial charge is 0.306 e. The lowest BCUT2D eigenvalue weighted by Crippen LogP contribution is -2.30. The van der Waals surface area contributed by atoms with Crippen LogP contribution in [0.3, 0.4) is 0 Å². The Morgan fingerprint density at radius 2 is 0.621 bits per heavy atom. The highest BCUT2D eigenvalue weighted by molar-refractivity contribution is 5.71. The molecule has 0 spiro atoms. The zero-order valence-electron chi connectivity index (χ0n) is 42.7. The van der Waals surface area contributed by atoms with Gasteiger partial charge in [0.25, 0.3) is 0 Å². The molecule has 0 unspecified atom stereocenters. The number of carbonyl (C=O) groups excluding carboxylic acids is 3.